The Morgan fingerprint density at radius 3 is 3.12 bits per heavy atom. The van der Waals surface area contributed by atoms with Crippen LogP contribution in [-0.2, 0) is 6.54 Å². The lowest BCUT2D eigenvalue weighted by molar-refractivity contribution is 0.204. The van der Waals surface area contributed by atoms with Gasteiger partial charge in [-0.1, -0.05) is 0 Å². The summed E-state index contributed by atoms with van der Waals surface area (Å²) in [5.74, 6) is 0.549. The van der Waals surface area contributed by atoms with Crippen molar-refractivity contribution in [1.82, 2.24) is 14.5 Å². The van der Waals surface area contributed by atoms with Gasteiger partial charge >= 0.3 is 0 Å². The zero-order valence-electron chi connectivity index (χ0n) is 8.92. The molecule has 2 aromatic rings. The molecule has 0 radical (unpaired) electrons. The first-order valence-electron chi connectivity index (χ1n) is 5.10. The lowest BCUT2D eigenvalue weighted by Crippen LogP contribution is -2.12. The van der Waals surface area contributed by atoms with Crippen LogP contribution in [0.1, 0.15) is 24.4 Å². The number of aromatic nitrogens is 3. The van der Waals surface area contributed by atoms with Crippen LogP contribution >= 0.6 is 0 Å². The predicted molar refractivity (Wildman–Crippen MR) is 59.0 cm³/mol. The summed E-state index contributed by atoms with van der Waals surface area (Å²) in [6, 6.07) is 3.04. The summed E-state index contributed by atoms with van der Waals surface area (Å²) in [7, 11) is 0. The third kappa shape index (κ3) is 1.90. The van der Waals surface area contributed by atoms with Gasteiger partial charge in [-0.05, 0) is 18.6 Å². The molecule has 0 aromatic carbocycles. The highest BCUT2D eigenvalue weighted by Crippen LogP contribution is 2.18. The molecule has 16 heavy (non-hydrogen) atoms. The molecule has 0 aliphatic heterocycles. The Morgan fingerprint density at radius 2 is 2.44 bits per heavy atom. The van der Waals surface area contributed by atoms with Gasteiger partial charge in [0.05, 0.1) is 0 Å². The molecule has 0 bridgehead atoms. The molecule has 1 atom stereocenters. The zero-order valence-corrected chi connectivity index (χ0v) is 8.92. The minimum absolute atomic E-state index is 0.230. The molecular formula is C11H13N3O2. The van der Waals surface area contributed by atoms with E-state index in [9.17, 15) is 9.90 Å². The smallest absolute Gasteiger partial charge is 0.248 e. The van der Waals surface area contributed by atoms with Gasteiger partial charge in [-0.15, -0.1) is 0 Å². The van der Waals surface area contributed by atoms with Crippen LogP contribution in [0.2, 0.25) is 0 Å². The Kier molecular flexibility index (Phi) is 2.87. The molecule has 1 unspecified atom stereocenters. The van der Waals surface area contributed by atoms with Crippen molar-refractivity contribution < 1.29 is 5.11 Å². The molecule has 0 aliphatic rings. The maximum absolute atomic E-state index is 11.1. The average Bonchev–Trinajstić information content (AvgIpc) is 2.76. The van der Waals surface area contributed by atoms with Gasteiger partial charge in [0.1, 0.15) is 11.9 Å². The van der Waals surface area contributed by atoms with Crippen molar-refractivity contribution in [3.8, 4) is 0 Å². The molecule has 2 heterocycles. The van der Waals surface area contributed by atoms with Crippen molar-refractivity contribution in [2.24, 2.45) is 0 Å². The van der Waals surface area contributed by atoms with Gasteiger partial charge in [-0.25, -0.2) is 4.98 Å². The van der Waals surface area contributed by atoms with E-state index in [1.807, 2.05) is 11.5 Å². The number of aromatic amines is 1. The number of hydrogen-bond donors (Lipinski definition) is 2. The quantitative estimate of drug-likeness (QED) is 0.797. The van der Waals surface area contributed by atoms with E-state index in [0.717, 1.165) is 6.54 Å². The van der Waals surface area contributed by atoms with Gasteiger partial charge in [-0.3, -0.25) is 4.79 Å². The second-order valence-electron chi connectivity index (χ2n) is 3.46. The number of aliphatic hydroxyl groups is 1. The molecule has 5 heteroatoms. The minimum atomic E-state index is -0.864. The van der Waals surface area contributed by atoms with Crippen LogP contribution in [0.15, 0.2) is 35.5 Å². The van der Waals surface area contributed by atoms with Crippen molar-refractivity contribution >= 4 is 0 Å². The molecule has 0 fully saturated rings. The SMILES string of the molecule is CCn1ccnc1C(O)c1cc[nH]c(=O)c1. The summed E-state index contributed by atoms with van der Waals surface area (Å²) in [4.78, 5) is 17.7. The summed E-state index contributed by atoms with van der Waals surface area (Å²) in [6.45, 7) is 2.70. The molecule has 0 amide bonds. The average molecular weight is 219 g/mol. The Morgan fingerprint density at radius 1 is 1.62 bits per heavy atom. The Labute approximate surface area is 92.4 Å². The first-order valence-corrected chi connectivity index (χ1v) is 5.10. The summed E-state index contributed by atoms with van der Waals surface area (Å²) in [6.07, 6.45) is 4.08. The lowest BCUT2D eigenvalue weighted by Gasteiger charge is -2.11. The highest BCUT2D eigenvalue weighted by Gasteiger charge is 2.15. The van der Waals surface area contributed by atoms with Crippen LogP contribution in [0.25, 0.3) is 0 Å². The molecular weight excluding hydrogens is 206 g/mol. The van der Waals surface area contributed by atoms with E-state index in [-0.39, 0.29) is 5.56 Å². The normalized spacial score (nSPS) is 12.6. The molecule has 0 aliphatic carbocycles. The van der Waals surface area contributed by atoms with Crippen molar-refractivity contribution in [3.63, 3.8) is 0 Å². The Hall–Kier alpha value is -1.88. The summed E-state index contributed by atoms with van der Waals surface area (Å²) in [5, 5.41) is 10.1. The van der Waals surface area contributed by atoms with Crippen molar-refractivity contribution in [1.29, 1.82) is 0 Å². The van der Waals surface area contributed by atoms with E-state index >= 15 is 0 Å². The molecule has 5 nitrogen and oxygen atoms in total. The van der Waals surface area contributed by atoms with E-state index in [0.29, 0.717) is 11.4 Å². The molecule has 2 N–H and O–H groups in total. The number of aliphatic hydroxyl groups excluding tert-OH is 1. The van der Waals surface area contributed by atoms with Gasteiger partial charge in [0, 0.05) is 31.2 Å². The van der Waals surface area contributed by atoms with Crippen molar-refractivity contribution in [2.75, 3.05) is 0 Å². The number of imidazole rings is 1. The Balaban J connectivity index is 2.39. The fourth-order valence-corrected chi connectivity index (χ4v) is 1.62. The van der Waals surface area contributed by atoms with Crippen LogP contribution in [0.4, 0.5) is 0 Å². The van der Waals surface area contributed by atoms with Crippen LogP contribution < -0.4 is 5.56 Å². The standard InChI is InChI=1S/C11H13N3O2/c1-2-14-6-5-13-11(14)10(16)8-3-4-12-9(15)7-8/h3-7,10,16H,2H2,1H3,(H,12,15). The molecule has 0 spiro atoms. The lowest BCUT2D eigenvalue weighted by atomic mass is 10.1. The summed E-state index contributed by atoms with van der Waals surface area (Å²) >= 11 is 0. The molecule has 2 aromatic heterocycles. The van der Waals surface area contributed by atoms with E-state index in [1.165, 1.54) is 12.3 Å². The summed E-state index contributed by atoms with van der Waals surface area (Å²) in [5.41, 5.74) is 0.316. The van der Waals surface area contributed by atoms with Crippen molar-refractivity contribution in [3.05, 3.63) is 52.5 Å². The topological polar surface area (TPSA) is 70.9 Å². The van der Waals surface area contributed by atoms with E-state index in [2.05, 4.69) is 9.97 Å². The first kappa shape index (κ1) is 10.6. The Bertz CT molecular complexity index is 530. The number of aryl methyl sites for hydroxylation is 1. The zero-order chi connectivity index (χ0) is 11.5. The number of rotatable bonds is 3. The maximum atomic E-state index is 11.1. The van der Waals surface area contributed by atoms with Gasteiger partial charge < -0.3 is 14.7 Å². The molecule has 0 saturated carbocycles. The third-order valence-corrected chi connectivity index (χ3v) is 2.45. The van der Waals surface area contributed by atoms with Crippen LogP contribution in [-0.4, -0.2) is 19.6 Å². The molecule has 84 valence electrons. The maximum Gasteiger partial charge on any atom is 0.248 e. The van der Waals surface area contributed by atoms with Crippen molar-refractivity contribution in [2.45, 2.75) is 19.6 Å². The van der Waals surface area contributed by atoms with E-state index in [4.69, 9.17) is 0 Å². The van der Waals surface area contributed by atoms with E-state index in [1.54, 1.807) is 18.5 Å². The third-order valence-electron chi connectivity index (χ3n) is 2.45. The highest BCUT2D eigenvalue weighted by molar-refractivity contribution is 5.20. The monoisotopic (exact) mass is 219 g/mol. The predicted octanol–water partition coefficient (Wildman–Crippen LogP) is 0.673. The van der Waals surface area contributed by atoms with Crippen LogP contribution in [0.3, 0.4) is 0 Å². The van der Waals surface area contributed by atoms with Gasteiger partial charge in [0.15, 0.2) is 0 Å². The number of H-pyrrole nitrogens is 1. The molecule has 2 rings (SSSR count). The fraction of sp³-hybridized carbons (Fsp3) is 0.273. The van der Waals surface area contributed by atoms with E-state index < -0.39 is 6.10 Å². The second kappa shape index (κ2) is 4.32. The van der Waals surface area contributed by atoms with Crippen LogP contribution in [0.5, 0.6) is 0 Å². The number of pyridine rings is 1. The number of nitrogens with zero attached hydrogens (tertiary/aromatic N) is 2. The first-order chi connectivity index (χ1) is 7.72. The van der Waals surface area contributed by atoms with Gasteiger partial charge in [0.25, 0.3) is 0 Å². The largest absolute Gasteiger partial charge is 0.380 e. The minimum Gasteiger partial charge on any atom is -0.380 e. The van der Waals surface area contributed by atoms with Gasteiger partial charge in [-0.2, -0.15) is 0 Å². The fourth-order valence-electron chi connectivity index (χ4n) is 1.62. The second-order valence-corrected chi connectivity index (χ2v) is 3.46. The van der Waals surface area contributed by atoms with Gasteiger partial charge in [0.2, 0.25) is 5.56 Å². The summed E-state index contributed by atoms with van der Waals surface area (Å²) < 4.78 is 1.84. The molecule has 0 saturated heterocycles. The highest BCUT2D eigenvalue weighted by atomic mass is 16.3. The number of hydrogen-bond acceptors (Lipinski definition) is 3. The number of nitrogens with one attached hydrogen (secondary N) is 1. The van der Waals surface area contributed by atoms with Crippen LogP contribution in [0, 0.1) is 0 Å².